The molecule has 0 atom stereocenters. The summed E-state index contributed by atoms with van der Waals surface area (Å²) in [6, 6.07) is 58.6. The van der Waals surface area contributed by atoms with Gasteiger partial charge in [0.2, 0.25) is 0 Å². The molecule has 0 radical (unpaired) electrons. The number of rotatable bonds is 6. The second kappa shape index (κ2) is 11.9. The van der Waals surface area contributed by atoms with Crippen molar-refractivity contribution in [2.45, 2.75) is 12.8 Å². The zero-order valence-electron chi connectivity index (χ0n) is 26.5. The molecule has 2 heteroatoms. The zero-order valence-corrected chi connectivity index (χ0v) is 26.5. The molecule has 0 aliphatic heterocycles. The van der Waals surface area contributed by atoms with Gasteiger partial charge < -0.3 is 9.64 Å². The summed E-state index contributed by atoms with van der Waals surface area (Å²) >= 11 is 0. The lowest BCUT2D eigenvalue weighted by Gasteiger charge is -2.29. The van der Waals surface area contributed by atoms with E-state index >= 15 is 0 Å². The summed E-state index contributed by atoms with van der Waals surface area (Å²) in [5, 5.41) is 7.15. The fraction of sp³-hybridized carbons (Fsp3) is 0.0435. The van der Waals surface area contributed by atoms with E-state index in [2.05, 4.69) is 169 Å². The van der Waals surface area contributed by atoms with Crippen molar-refractivity contribution in [3.8, 4) is 22.6 Å². The number of aryl methyl sites for hydroxylation is 1. The molecule has 8 aromatic carbocycles. The summed E-state index contributed by atoms with van der Waals surface area (Å²) in [7, 11) is 0. The van der Waals surface area contributed by atoms with Gasteiger partial charge in [0.15, 0.2) is 0 Å². The normalized spacial score (nSPS) is 12.3. The third-order valence-corrected chi connectivity index (χ3v) is 9.54. The molecule has 0 N–H and O–H groups in total. The lowest BCUT2D eigenvalue weighted by Crippen LogP contribution is -2.11. The van der Waals surface area contributed by atoms with E-state index in [-0.39, 0.29) is 0 Å². The van der Waals surface area contributed by atoms with E-state index in [1.807, 2.05) is 12.1 Å². The molecule has 0 spiro atoms. The Morgan fingerprint density at radius 1 is 0.500 bits per heavy atom. The Hall–Kier alpha value is -6.12. The van der Waals surface area contributed by atoms with Gasteiger partial charge in [-0.2, -0.15) is 0 Å². The lowest BCUT2D eigenvalue weighted by molar-refractivity contribution is 0.488. The first-order valence-corrected chi connectivity index (χ1v) is 16.6. The van der Waals surface area contributed by atoms with E-state index in [9.17, 15) is 0 Å². The Kier molecular flexibility index (Phi) is 6.98. The molecule has 0 fully saturated rings. The van der Waals surface area contributed by atoms with Gasteiger partial charge in [-0.1, -0.05) is 127 Å². The monoisotopic (exact) mass is 615 g/mol. The molecule has 2 nitrogen and oxygen atoms in total. The topological polar surface area (TPSA) is 12.5 Å². The van der Waals surface area contributed by atoms with Crippen molar-refractivity contribution in [1.29, 1.82) is 0 Å². The Morgan fingerprint density at radius 3 is 2.08 bits per heavy atom. The number of anilines is 3. The van der Waals surface area contributed by atoms with Gasteiger partial charge in [0.25, 0.3) is 0 Å². The van der Waals surface area contributed by atoms with Crippen molar-refractivity contribution in [2.75, 3.05) is 4.90 Å². The molecule has 9 rings (SSSR count). The van der Waals surface area contributed by atoms with Crippen LogP contribution in [0.15, 0.2) is 170 Å². The van der Waals surface area contributed by atoms with Crippen molar-refractivity contribution in [1.82, 2.24) is 0 Å². The largest absolute Gasteiger partial charge is 0.457 e. The first-order chi connectivity index (χ1) is 23.8. The van der Waals surface area contributed by atoms with Crippen LogP contribution in [0.5, 0.6) is 11.5 Å². The minimum atomic E-state index is 0.819. The van der Waals surface area contributed by atoms with Crippen LogP contribution in [0.4, 0.5) is 17.1 Å². The Bertz CT molecular complexity index is 2490. The van der Waals surface area contributed by atoms with Gasteiger partial charge in [0.05, 0.1) is 5.69 Å². The Morgan fingerprint density at radius 2 is 1.21 bits per heavy atom. The van der Waals surface area contributed by atoms with Crippen LogP contribution in [-0.4, -0.2) is 0 Å². The highest BCUT2D eigenvalue weighted by atomic mass is 16.5. The molecule has 48 heavy (non-hydrogen) atoms. The Labute approximate surface area is 280 Å². The van der Waals surface area contributed by atoms with Crippen LogP contribution >= 0.6 is 0 Å². The standard InChI is InChI=1S/C46H33NO/c1-3-13-36-30-38(24-20-32(36)10-1)47(39-25-21-33-11-2-4-14-37(33)31-39)45-29-28-41(43-17-7-8-18-44(43)45)35-22-26-40(27-23-35)48-46-19-9-15-34-12-5-6-16-42(34)46/h1,3-10,12-31H,2,11H2. The van der Waals surface area contributed by atoms with Gasteiger partial charge in [-0.25, -0.2) is 0 Å². The van der Waals surface area contributed by atoms with Gasteiger partial charge in [-0.05, 0) is 105 Å². The molecular weight excluding hydrogens is 583 g/mol. The van der Waals surface area contributed by atoms with Crippen LogP contribution in [0.1, 0.15) is 17.5 Å². The number of nitrogens with zero attached hydrogens (tertiary/aromatic N) is 1. The summed E-state index contributed by atoms with van der Waals surface area (Å²) in [4.78, 5) is 2.42. The van der Waals surface area contributed by atoms with Crippen LogP contribution in [0.2, 0.25) is 0 Å². The second-order valence-corrected chi connectivity index (χ2v) is 12.5. The van der Waals surface area contributed by atoms with Gasteiger partial charge in [0.1, 0.15) is 11.5 Å². The third kappa shape index (κ3) is 5.09. The molecule has 0 heterocycles. The van der Waals surface area contributed by atoms with E-state index in [1.165, 1.54) is 43.6 Å². The second-order valence-electron chi connectivity index (χ2n) is 12.5. The van der Waals surface area contributed by atoms with Crippen molar-refractivity contribution in [2.24, 2.45) is 0 Å². The third-order valence-electron chi connectivity index (χ3n) is 9.54. The van der Waals surface area contributed by atoms with Gasteiger partial charge in [-0.15, -0.1) is 0 Å². The average Bonchev–Trinajstić information content (AvgIpc) is 3.15. The minimum Gasteiger partial charge on any atom is -0.457 e. The number of ether oxygens (including phenoxy) is 1. The molecular formula is C46H33NO. The first kappa shape index (κ1) is 28.1. The van der Waals surface area contributed by atoms with Crippen molar-refractivity contribution >= 4 is 55.5 Å². The van der Waals surface area contributed by atoms with Gasteiger partial charge in [0, 0.05) is 22.1 Å². The molecule has 0 saturated carbocycles. The maximum absolute atomic E-state index is 6.38. The predicted octanol–water partition coefficient (Wildman–Crippen LogP) is 13.0. The zero-order chi connectivity index (χ0) is 31.9. The predicted molar refractivity (Wildman–Crippen MR) is 203 cm³/mol. The quantitative estimate of drug-likeness (QED) is 0.184. The SMILES string of the molecule is C1=Cc2cc(N(c3ccc4ccccc4c3)c3ccc(-c4ccc(Oc5cccc6ccccc56)cc4)c4ccccc34)ccc2CC1. The molecule has 0 unspecified atom stereocenters. The number of fused-ring (bicyclic) bond motifs is 4. The molecule has 1 aliphatic rings. The number of benzene rings is 8. The van der Waals surface area contributed by atoms with Crippen molar-refractivity contribution in [3.63, 3.8) is 0 Å². The summed E-state index contributed by atoms with van der Waals surface area (Å²) in [6.07, 6.45) is 6.75. The van der Waals surface area contributed by atoms with Crippen LogP contribution in [0.3, 0.4) is 0 Å². The van der Waals surface area contributed by atoms with E-state index < -0.39 is 0 Å². The average molecular weight is 616 g/mol. The summed E-state index contributed by atoms with van der Waals surface area (Å²) in [5.74, 6) is 1.68. The molecule has 228 valence electrons. The van der Waals surface area contributed by atoms with Crippen molar-refractivity contribution in [3.05, 3.63) is 181 Å². The molecule has 8 aromatic rings. The molecule has 0 bridgehead atoms. The maximum Gasteiger partial charge on any atom is 0.135 e. The summed E-state index contributed by atoms with van der Waals surface area (Å²) < 4.78 is 6.38. The van der Waals surface area contributed by atoms with E-state index in [0.29, 0.717) is 0 Å². The van der Waals surface area contributed by atoms with Crippen LogP contribution in [-0.2, 0) is 6.42 Å². The number of allylic oxidation sites excluding steroid dienone is 1. The lowest BCUT2D eigenvalue weighted by atomic mass is 9.94. The van der Waals surface area contributed by atoms with Gasteiger partial charge >= 0.3 is 0 Å². The first-order valence-electron chi connectivity index (χ1n) is 16.6. The molecule has 1 aliphatic carbocycles. The number of hydrogen-bond acceptors (Lipinski definition) is 2. The highest BCUT2D eigenvalue weighted by Gasteiger charge is 2.19. The maximum atomic E-state index is 6.38. The Balaban J connectivity index is 1.14. The van der Waals surface area contributed by atoms with E-state index in [1.54, 1.807) is 0 Å². The molecule has 0 saturated heterocycles. The molecule has 0 aromatic heterocycles. The van der Waals surface area contributed by atoms with Gasteiger partial charge in [-0.3, -0.25) is 0 Å². The van der Waals surface area contributed by atoms with E-state index in [0.717, 1.165) is 52.4 Å². The van der Waals surface area contributed by atoms with E-state index in [4.69, 9.17) is 4.74 Å². The number of hydrogen-bond donors (Lipinski definition) is 0. The van der Waals surface area contributed by atoms with Crippen LogP contribution < -0.4 is 9.64 Å². The minimum absolute atomic E-state index is 0.819. The highest BCUT2D eigenvalue weighted by Crippen LogP contribution is 2.43. The molecule has 0 amide bonds. The fourth-order valence-electron chi connectivity index (χ4n) is 7.14. The van der Waals surface area contributed by atoms with Crippen LogP contribution in [0, 0.1) is 0 Å². The smallest absolute Gasteiger partial charge is 0.135 e. The summed E-state index contributed by atoms with van der Waals surface area (Å²) in [5.41, 5.74) is 8.51. The highest BCUT2D eigenvalue weighted by molar-refractivity contribution is 6.06. The fourth-order valence-corrected chi connectivity index (χ4v) is 7.14. The summed E-state index contributed by atoms with van der Waals surface area (Å²) in [6.45, 7) is 0. The van der Waals surface area contributed by atoms with Crippen LogP contribution in [0.25, 0.3) is 49.5 Å². The van der Waals surface area contributed by atoms with Crippen molar-refractivity contribution < 1.29 is 4.74 Å².